The van der Waals surface area contributed by atoms with Crippen LogP contribution in [0.5, 0.6) is 0 Å². The lowest BCUT2D eigenvalue weighted by atomic mass is 10.1. The first-order chi connectivity index (χ1) is 6.78. The van der Waals surface area contributed by atoms with Crippen molar-refractivity contribution < 1.29 is 14.7 Å². The zero-order valence-electron chi connectivity index (χ0n) is 8.71. The molecule has 0 radical (unpaired) electrons. The molecule has 1 saturated carbocycles. The minimum Gasteiger partial charge on any atom is -0.481 e. The summed E-state index contributed by atoms with van der Waals surface area (Å²) in [6.07, 6.45) is 0. The predicted octanol–water partition coefficient (Wildman–Crippen LogP) is 1.21. The van der Waals surface area contributed by atoms with Crippen molar-refractivity contribution >= 4 is 23.5 Å². The first kappa shape index (κ1) is 12.0. The van der Waals surface area contributed by atoms with Crippen LogP contribution in [0.1, 0.15) is 13.8 Å². The molecule has 1 amide bonds. The minimum atomic E-state index is -0.926. The summed E-state index contributed by atoms with van der Waals surface area (Å²) in [4.78, 5) is 22.4. The van der Waals surface area contributed by atoms with Crippen molar-refractivity contribution in [3.05, 3.63) is 11.6 Å². The van der Waals surface area contributed by atoms with Crippen molar-refractivity contribution in [3.8, 4) is 0 Å². The van der Waals surface area contributed by atoms with E-state index in [1.165, 1.54) is 0 Å². The van der Waals surface area contributed by atoms with E-state index in [0.29, 0.717) is 5.03 Å². The van der Waals surface area contributed by atoms with Crippen LogP contribution in [-0.4, -0.2) is 23.5 Å². The lowest BCUT2D eigenvalue weighted by molar-refractivity contribution is -0.140. The Hall–Kier alpha value is -1.03. The van der Waals surface area contributed by atoms with Crippen molar-refractivity contribution in [2.45, 2.75) is 13.8 Å². The number of carbonyl (C=O) groups is 2. The van der Waals surface area contributed by atoms with E-state index in [0.717, 1.165) is 0 Å². The van der Waals surface area contributed by atoms with Gasteiger partial charge in [0.25, 0.3) is 0 Å². The van der Waals surface area contributed by atoms with Crippen LogP contribution in [0.2, 0.25) is 0 Å². The number of carboxylic acids is 1. The highest BCUT2D eigenvalue weighted by Gasteiger charge is 2.65. The van der Waals surface area contributed by atoms with Crippen LogP contribution < -0.4 is 5.32 Å². The van der Waals surface area contributed by atoms with E-state index in [4.69, 9.17) is 16.7 Å². The standard InChI is InChI=1S/C10H14ClNO3/c1-5(11)4-12-8(13)6-7(9(14)15)10(6,2)3/h6-7H,1,4H2,2-3H3,(H,12,13)(H,14,15)/t6-,7+/m1/s1. The first-order valence-electron chi connectivity index (χ1n) is 4.62. The highest BCUT2D eigenvalue weighted by molar-refractivity contribution is 6.29. The van der Waals surface area contributed by atoms with Crippen LogP contribution in [0.15, 0.2) is 11.6 Å². The summed E-state index contributed by atoms with van der Waals surface area (Å²) in [6.45, 7) is 7.15. The number of aliphatic carboxylic acids is 1. The molecule has 5 heteroatoms. The van der Waals surface area contributed by atoms with Crippen molar-refractivity contribution in [3.63, 3.8) is 0 Å². The smallest absolute Gasteiger partial charge is 0.307 e. The Labute approximate surface area is 93.3 Å². The molecule has 0 aromatic heterocycles. The van der Waals surface area contributed by atoms with Gasteiger partial charge < -0.3 is 10.4 Å². The number of halogens is 1. The monoisotopic (exact) mass is 231 g/mol. The lowest BCUT2D eigenvalue weighted by Crippen LogP contribution is -2.28. The molecule has 0 saturated heterocycles. The predicted molar refractivity (Wildman–Crippen MR) is 56.4 cm³/mol. The van der Waals surface area contributed by atoms with Crippen molar-refractivity contribution in [2.24, 2.45) is 17.3 Å². The van der Waals surface area contributed by atoms with E-state index in [-0.39, 0.29) is 12.5 Å². The van der Waals surface area contributed by atoms with Crippen LogP contribution in [0, 0.1) is 17.3 Å². The number of carboxylic acid groups (broad SMARTS) is 1. The summed E-state index contributed by atoms with van der Waals surface area (Å²) < 4.78 is 0. The Morgan fingerprint density at radius 3 is 2.33 bits per heavy atom. The SMILES string of the molecule is C=C(Cl)CNC(=O)[C@H]1[C@@H](C(=O)O)C1(C)C. The highest BCUT2D eigenvalue weighted by atomic mass is 35.5. The second-order valence-corrected chi connectivity index (χ2v) is 4.88. The van der Waals surface area contributed by atoms with Crippen LogP contribution >= 0.6 is 11.6 Å². The number of hydrogen-bond donors (Lipinski definition) is 2. The number of carbonyl (C=O) groups excluding carboxylic acids is 1. The molecule has 1 aliphatic rings. The van der Waals surface area contributed by atoms with E-state index in [1.54, 1.807) is 13.8 Å². The molecule has 84 valence electrons. The molecule has 4 nitrogen and oxygen atoms in total. The fourth-order valence-electron chi connectivity index (χ4n) is 1.88. The maximum absolute atomic E-state index is 11.6. The number of rotatable bonds is 4. The fourth-order valence-corrected chi connectivity index (χ4v) is 1.95. The summed E-state index contributed by atoms with van der Waals surface area (Å²) in [5.41, 5.74) is -0.469. The molecule has 15 heavy (non-hydrogen) atoms. The van der Waals surface area contributed by atoms with E-state index in [2.05, 4.69) is 11.9 Å². The van der Waals surface area contributed by atoms with Gasteiger partial charge in [-0.1, -0.05) is 32.0 Å². The maximum atomic E-state index is 11.6. The van der Waals surface area contributed by atoms with E-state index in [1.807, 2.05) is 0 Å². The van der Waals surface area contributed by atoms with E-state index in [9.17, 15) is 9.59 Å². The molecule has 2 atom stereocenters. The van der Waals surface area contributed by atoms with Gasteiger partial charge in [-0.2, -0.15) is 0 Å². The first-order valence-corrected chi connectivity index (χ1v) is 5.00. The molecule has 1 rings (SSSR count). The number of hydrogen-bond acceptors (Lipinski definition) is 2. The maximum Gasteiger partial charge on any atom is 0.307 e. The molecular weight excluding hydrogens is 218 g/mol. The van der Waals surface area contributed by atoms with E-state index >= 15 is 0 Å². The summed E-state index contributed by atoms with van der Waals surface area (Å²) >= 11 is 5.49. The van der Waals surface area contributed by atoms with Gasteiger partial charge in [0.05, 0.1) is 18.4 Å². The van der Waals surface area contributed by atoms with Crippen molar-refractivity contribution in [2.75, 3.05) is 6.54 Å². The second kappa shape index (κ2) is 3.85. The molecule has 0 spiro atoms. The molecule has 0 unspecified atom stereocenters. The zero-order valence-corrected chi connectivity index (χ0v) is 9.47. The van der Waals surface area contributed by atoms with Gasteiger partial charge >= 0.3 is 5.97 Å². The van der Waals surface area contributed by atoms with Crippen LogP contribution in [-0.2, 0) is 9.59 Å². The number of nitrogens with one attached hydrogen (secondary N) is 1. The Morgan fingerprint density at radius 2 is 2.00 bits per heavy atom. The third-order valence-corrected chi connectivity index (χ3v) is 2.96. The minimum absolute atomic E-state index is 0.180. The number of amides is 1. The van der Waals surface area contributed by atoms with Crippen molar-refractivity contribution in [1.82, 2.24) is 5.32 Å². The van der Waals surface area contributed by atoms with Gasteiger partial charge in [0.2, 0.25) is 5.91 Å². The van der Waals surface area contributed by atoms with Gasteiger partial charge in [-0.3, -0.25) is 9.59 Å². The second-order valence-electron chi connectivity index (χ2n) is 4.35. The molecule has 0 bridgehead atoms. The van der Waals surface area contributed by atoms with Crippen LogP contribution in [0.4, 0.5) is 0 Å². The van der Waals surface area contributed by atoms with Crippen LogP contribution in [0.25, 0.3) is 0 Å². The van der Waals surface area contributed by atoms with Crippen LogP contribution in [0.3, 0.4) is 0 Å². The Bertz CT molecular complexity index is 325. The normalized spacial score (nSPS) is 26.9. The summed E-state index contributed by atoms with van der Waals surface area (Å²) in [7, 11) is 0. The lowest BCUT2D eigenvalue weighted by Gasteiger charge is -2.04. The molecule has 0 aliphatic heterocycles. The topological polar surface area (TPSA) is 66.4 Å². The Morgan fingerprint density at radius 1 is 1.47 bits per heavy atom. The van der Waals surface area contributed by atoms with E-state index < -0.39 is 23.2 Å². The van der Waals surface area contributed by atoms with Crippen molar-refractivity contribution in [1.29, 1.82) is 0 Å². The Kier molecular flexibility index (Phi) is 3.09. The fraction of sp³-hybridized carbons (Fsp3) is 0.600. The average Bonchev–Trinajstić information content (AvgIpc) is 2.65. The summed E-state index contributed by atoms with van der Waals surface area (Å²) in [6, 6.07) is 0. The molecule has 0 heterocycles. The quantitative estimate of drug-likeness (QED) is 0.764. The molecular formula is C10H14ClNO3. The average molecular weight is 232 g/mol. The summed E-state index contributed by atoms with van der Waals surface area (Å²) in [5, 5.41) is 11.7. The molecule has 0 aromatic carbocycles. The Balaban J connectivity index is 2.56. The van der Waals surface area contributed by atoms with Gasteiger partial charge in [0.1, 0.15) is 0 Å². The molecule has 1 aliphatic carbocycles. The summed E-state index contributed by atoms with van der Waals surface area (Å²) in [5.74, 6) is -2.26. The van der Waals surface area contributed by atoms with Gasteiger partial charge in [-0.15, -0.1) is 0 Å². The van der Waals surface area contributed by atoms with Gasteiger partial charge in [-0.05, 0) is 5.41 Å². The zero-order chi connectivity index (χ0) is 11.8. The molecule has 0 aromatic rings. The molecule has 1 fully saturated rings. The van der Waals surface area contributed by atoms with Gasteiger partial charge in [0.15, 0.2) is 0 Å². The molecule has 2 N–H and O–H groups in total. The third kappa shape index (κ3) is 2.31. The van der Waals surface area contributed by atoms with Gasteiger partial charge in [0, 0.05) is 5.03 Å². The largest absolute Gasteiger partial charge is 0.481 e. The third-order valence-electron chi connectivity index (χ3n) is 2.83. The highest BCUT2D eigenvalue weighted by Crippen LogP contribution is 2.58. The van der Waals surface area contributed by atoms with Gasteiger partial charge in [-0.25, -0.2) is 0 Å².